The van der Waals surface area contributed by atoms with Crippen molar-refractivity contribution >= 4 is 11.6 Å². The van der Waals surface area contributed by atoms with Crippen LogP contribution in [0.4, 0.5) is 13.2 Å². The van der Waals surface area contributed by atoms with Crippen molar-refractivity contribution in [3.05, 3.63) is 28.5 Å². The van der Waals surface area contributed by atoms with Crippen LogP contribution in [-0.2, 0) is 6.18 Å². The highest BCUT2D eigenvalue weighted by Gasteiger charge is 2.33. The fraction of sp³-hybridized carbons (Fsp3) is 0.583. The summed E-state index contributed by atoms with van der Waals surface area (Å²) in [4.78, 5) is 3.29. The molecule has 0 aliphatic heterocycles. The standard InChI is InChI=1S/C12H15ClF3NO/c1-3-4-7(2)10(18)8-5-6-9(12(14,15)16)17-11(8)13/h5-7,10,18H,3-4H2,1-2H3. The van der Waals surface area contributed by atoms with E-state index in [9.17, 15) is 18.3 Å². The number of nitrogens with zero attached hydrogens (tertiary/aromatic N) is 1. The van der Waals surface area contributed by atoms with Crippen LogP contribution in [0.25, 0.3) is 0 Å². The van der Waals surface area contributed by atoms with Gasteiger partial charge in [0.1, 0.15) is 10.8 Å². The summed E-state index contributed by atoms with van der Waals surface area (Å²) in [7, 11) is 0. The zero-order valence-electron chi connectivity index (χ0n) is 10.1. The lowest BCUT2D eigenvalue weighted by Crippen LogP contribution is -2.13. The summed E-state index contributed by atoms with van der Waals surface area (Å²) in [5.74, 6) is -0.0777. The second-order valence-corrected chi connectivity index (χ2v) is 4.64. The Bertz CT molecular complexity index is 409. The molecule has 0 saturated carbocycles. The van der Waals surface area contributed by atoms with Gasteiger partial charge in [0, 0.05) is 5.56 Å². The van der Waals surface area contributed by atoms with Crippen molar-refractivity contribution < 1.29 is 18.3 Å². The third-order valence-corrected chi connectivity index (χ3v) is 3.07. The SMILES string of the molecule is CCCC(C)C(O)c1ccc(C(F)(F)F)nc1Cl. The van der Waals surface area contributed by atoms with Crippen LogP contribution in [0.3, 0.4) is 0 Å². The Balaban J connectivity index is 2.99. The van der Waals surface area contributed by atoms with Gasteiger partial charge in [0.25, 0.3) is 0 Å². The molecule has 0 aliphatic carbocycles. The summed E-state index contributed by atoms with van der Waals surface area (Å²) in [6.07, 6.45) is -3.78. The van der Waals surface area contributed by atoms with Crippen LogP contribution in [0.1, 0.15) is 44.1 Å². The predicted octanol–water partition coefficient (Wildman–Crippen LogP) is 4.22. The Morgan fingerprint density at radius 1 is 1.39 bits per heavy atom. The Morgan fingerprint density at radius 2 is 2.00 bits per heavy atom. The molecule has 6 heteroatoms. The third-order valence-electron chi connectivity index (χ3n) is 2.77. The molecule has 2 atom stereocenters. The topological polar surface area (TPSA) is 33.1 Å². The van der Waals surface area contributed by atoms with E-state index < -0.39 is 18.0 Å². The first-order valence-corrected chi connectivity index (χ1v) is 6.06. The number of aliphatic hydroxyl groups is 1. The lowest BCUT2D eigenvalue weighted by atomic mass is 9.94. The summed E-state index contributed by atoms with van der Waals surface area (Å²) >= 11 is 5.70. The van der Waals surface area contributed by atoms with E-state index in [1.807, 2.05) is 13.8 Å². The molecular formula is C12H15ClF3NO. The molecule has 1 heterocycles. The molecule has 102 valence electrons. The van der Waals surface area contributed by atoms with Crippen molar-refractivity contribution in [1.29, 1.82) is 0 Å². The fourth-order valence-corrected chi connectivity index (χ4v) is 2.01. The molecule has 0 bridgehead atoms. The normalized spacial score (nSPS) is 15.5. The third kappa shape index (κ3) is 3.59. The van der Waals surface area contributed by atoms with Crippen LogP contribution in [0.5, 0.6) is 0 Å². The van der Waals surface area contributed by atoms with Gasteiger partial charge >= 0.3 is 6.18 Å². The summed E-state index contributed by atoms with van der Waals surface area (Å²) in [6.45, 7) is 3.79. The molecule has 0 fully saturated rings. The van der Waals surface area contributed by atoms with Crippen molar-refractivity contribution in [2.45, 2.75) is 39.0 Å². The van der Waals surface area contributed by atoms with E-state index in [1.165, 1.54) is 6.07 Å². The molecule has 1 rings (SSSR count). The minimum Gasteiger partial charge on any atom is -0.388 e. The molecule has 1 N–H and O–H groups in total. The molecule has 0 aromatic carbocycles. The van der Waals surface area contributed by atoms with E-state index in [0.29, 0.717) is 0 Å². The van der Waals surface area contributed by atoms with E-state index in [4.69, 9.17) is 11.6 Å². The van der Waals surface area contributed by atoms with E-state index in [-0.39, 0.29) is 16.6 Å². The highest BCUT2D eigenvalue weighted by molar-refractivity contribution is 6.30. The second-order valence-electron chi connectivity index (χ2n) is 4.29. The van der Waals surface area contributed by atoms with Gasteiger partial charge in [-0.1, -0.05) is 37.9 Å². The number of aromatic nitrogens is 1. The van der Waals surface area contributed by atoms with Gasteiger partial charge in [0.05, 0.1) is 6.10 Å². The molecular weight excluding hydrogens is 267 g/mol. The number of alkyl halides is 3. The van der Waals surface area contributed by atoms with E-state index in [1.54, 1.807) is 0 Å². The predicted molar refractivity (Wildman–Crippen MR) is 63.3 cm³/mol. The summed E-state index contributed by atoms with van der Waals surface area (Å²) in [5.41, 5.74) is -0.808. The number of hydrogen-bond donors (Lipinski definition) is 1. The van der Waals surface area contributed by atoms with Gasteiger partial charge in [-0.15, -0.1) is 0 Å². The van der Waals surface area contributed by atoms with Gasteiger partial charge in [-0.05, 0) is 18.4 Å². The van der Waals surface area contributed by atoms with Gasteiger partial charge in [-0.25, -0.2) is 4.98 Å². The van der Waals surface area contributed by atoms with Gasteiger partial charge in [0.2, 0.25) is 0 Å². The number of aliphatic hydroxyl groups excluding tert-OH is 1. The Kier molecular flexibility index (Phi) is 4.99. The quantitative estimate of drug-likeness (QED) is 0.838. The molecule has 1 aromatic rings. The molecule has 0 amide bonds. The molecule has 2 unspecified atom stereocenters. The van der Waals surface area contributed by atoms with Crippen molar-refractivity contribution in [3.63, 3.8) is 0 Å². The summed E-state index contributed by atoms with van der Waals surface area (Å²) in [6, 6.07) is 2.03. The molecule has 0 radical (unpaired) electrons. The average molecular weight is 282 g/mol. The first-order chi connectivity index (χ1) is 8.27. The van der Waals surface area contributed by atoms with E-state index >= 15 is 0 Å². The monoisotopic (exact) mass is 281 g/mol. The zero-order valence-corrected chi connectivity index (χ0v) is 10.9. The Hall–Kier alpha value is -0.810. The van der Waals surface area contributed by atoms with Crippen LogP contribution in [0.2, 0.25) is 5.15 Å². The van der Waals surface area contributed by atoms with Crippen LogP contribution in [0.15, 0.2) is 12.1 Å². The van der Waals surface area contributed by atoms with Crippen LogP contribution in [-0.4, -0.2) is 10.1 Å². The van der Waals surface area contributed by atoms with Gasteiger partial charge in [-0.2, -0.15) is 13.2 Å². The maximum atomic E-state index is 12.4. The highest BCUT2D eigenvalue weighted by atomic mass is 35.5. The van der Waals surface area contributed by atoms with Gasteiger partial charge in [0.15, 0.2) is 0 Å². The minimum absolute atomic E-state index is 0.0777. The molecule has 0 saturated heterocycles. The number of halogens is 4. The minimum atomic E-state index is -4.53. The zero-order chi connectivity index (χ0) is 13.9. The second kappa shape index (κ2) is 5.89. The first-order valence-electron chi connectivity index (χ1n) is 5.69. The van der Waals surface area contributed by atoms with Crippen LogP contribution in [0, 0.1) is 5.92 Å². The fourth-order valence-electron chi connectivity index (χ4n) is 1.74. The number of hydrogen-bond acceptors (Lipinski definition) is 2. The van der Waals surface area contributed by atoms with E-state index in [2.05, 4.69) is 4.98 Å². The summed E-state index contributed by atoms with van der Waals surface area (Å²) < 4.78 is 37.2. The molecule has 1 aromatic heterocycles. The molecule has 18 heavy (non-hydrogen) atoms. The maximum Gasteiger partial charge on any atom is 0.433 e. The van der Waals surface area contributed by atoms with Gasteiger partial charge < -0.3 is 5.11 Å². The van der Waals surface area contributed by atoms with Crippen molar-refractivity contribution in [2.75, 3.05) is 0 Å². The molecule has 2 nitrogen and oxygen atoms in total. The average Bonchev–Trinajstić information content (AvgIpc) is 2.27. The first kappa shape index (κ1) is 15.2. The lowest BCUT2D eigenvalue weighted by molar-refractivity contribution is -0.141. The van der Waals surface area contributed by atoms with E-state index in [0.717, 1.165) is 18.9 Å². The van der Waals surface area contributed by atoms with Gasteiger partial charge in [-0.3, -0.25) is 0 Å². The number of rotatable bonds is 4. The molecule has 0 aliphatic rings. The summed E-state index contributed by atoms with van der Waals surface area (Å²) in [5, 5.41) is 9.70. The van der Waals surface area contributed by atoms with Crippen LogP contribution >= 0.6 is 11.6 Å². The largest absolute Gasteiger partial charge is 0.433 e. The Labute approximate surface area is 109 Å². The lowest BCUT2D eigenvalue weighted by Gasteiger charge is -2.19. The smallest absolute Gasteiger partial charge is 0.388 e. The highest BCUT2D eigenvalue weighted by Crippen LogP contribution is 2.33. The maximum absolute atomic E-state index is 12.4. The molecule has 0 spiro atoms. The van der Waals surface area contributed by atoms with Crippen LogP contribution < -0.4 is 0 Å². The number of pyridine rings is 1. The van der Waals surface area contributed by atoms with Crippen molar-refractivity contribution in [3.8, 4) is 0 Å². The van der Waals surface area contributed by atoms with Crippen molar-refractivity contribution in [1.82, 2.24) is 4.98 Å². The van der Waals surface area contributed by atoms with Crippen molar-refractivity contribution in [2.24, 2.45) is 5.92 Å². The Morgan fingerprint density at radius 3 is 2.44 bits per heavy atom.